The van der Waals surface area contributed by atoms with E-state index in [1.807, 2.05) is 0 Å². The van der Waals surface area contributed by atoms with Crippen molar-refractivity contribution in [2.24, 2.45) is 0 Å². The molecule has 4 heteroatoms. The molecule has 2 aromatic heterocycles. The van der Waals surface area contributed by atoms with Crippen molar-refractivity contribution in [2.75, 3.05) is 0 Å². The van der Waals surface area contributed by atoms with E-state index in [2.05, 4.69) is 176 Å². The first-order valence-electron chi connectivity index (χ1n) is 20.4. The highest BCUT2D eigenvalue weighted by molar-refractivity contribution is 6.89. The van der Waals surface area contributed by atoms with Crippen LogP contribution in [0.5, 0.6) is 0 Å². The van der Waals surface area contributed by atoms with Crippen molar-refractivity contribution in [3.8, 4) is 22.3 Å². The summed E-state index contributed by atoms with van der Waals surface area (Å²) in [6.45, 7) is 23.5. The van der Waals surface area contributed by atoms with Crippen LogP contribution >= 0.6 is 0 Å². The zero-order chi connectivity index (χ0) is 39.0. The minimum atomic E-state index is -1.49. The second-order valence-corrected chi connectivity index (χ2v) is 29.1. The van der Waals surface area contributed by atoms with Gasteiger partial charge in [0, 0.05) is 43.1 Å². The van der Waals surface area contributed by atoms with Gasteiger partial charge in [-0.1, -0.05) is 150 Å². The number of rotatable bonds is 6. The lowest BCUT2D eigenvalue weighted by atomic mass is 9.84. The van der Waals surface area contributed by atoms with Crippen LogP contribution in [0.15, 0.2) is 118 Å². The highest BCUT2D eigenvalue weighted by Crippen LogP contribution is 2.51. The molecule has 2 heterocycles. The average molecular weight is 763 g/mol. The molecule has 0 aliphatic rings. The number of furan rings is 2. The lowest BCUT2D eigenvalue weighted by Gasteiger charge is -2.20. The van der Waals surface area contributed by atoms with Gasteiger partial charge in [-0.25, -0.2) is 0 Å². The zero-order valence-corrected chi connectivity index (χ0v) is 36.4. The fourth-order valence-electron chi connectivity index (χ4n) is 9.08. The second kappa shape index (κ2) is 12.2. The average Bonchev–Trinajstić information content (AvgIpc) is 3.73. The molecule has 10 rings (SSSR count). The van der Waals surface area contributed by atoms with Crippen LogP contribution in [-0.2, 0) is 0 Å². The van der Waals surface area contributed by atoms with E-state index in [9.17, 15) is 0 Å². The van der Waals surface area contributed by atoms with Gasteiger partial charge >= 0.3 is 0 Å². The summed E-state index contributed by atoms with van der Waals surface area (Å²) in [5, 5.41) is 14.9. The summed E-state index contributed by atoms with van der Waals surface area (Å²) >= 11 is 0. The first kappa shape index (κ1) is 35.3. The van der Waals surface area contributed by atoms with Gasteiger partial charge in [0.25, 0.3) is 0 Å². The zero-order valence-electron chi connectivity index (χ0n) is 34.4. The molecule has 56 heavy (non-hydrogen) atoms. The van der Waals surface area contributed by atoms with Crippen LogP contribution in [0.25, 0.3) is 98.4 Å². The summed E-state index contributed by atoms with van der Waals surface area (Å²) in [5.74, 6) is 0.825. The van der Waals surface area contributed by atoms with Gasteiger partial charge in [-0.05, 0) is 92.4 Å². The smallest absolute Gasteiger partial charge is 0.143 e. The van der Waals surface area contributed by atoms with Gasteiger partial charge in [0.2, 0.25) is 0 Å². The van der Waals surface area contributed by atoms with E-state index in [1.54, 1.807) is 0 Å². The fraction of sp³-hybridized carbons (Fsp3) is 0.231. The monoisotopic (exact) mass is 762 g/mol. The molecule has 10 aromatic rings. The summed E-state index contributed by atoms with van der Waals surface area (Å²) in [4.78, 5) is 0. The van der Waals surface area contributed by atoms with E-state index in [0.717, 1.165) is 54.6 Å². The van der Waals surface area contributed by atoms with E-state index in [-0.39, 0.29) is 0 Å². The molecular weight excluding hydrogens is 713 g/mol. The largest absolute Gasteiger partial charge is 0.455 e. The fourth-order valence-corrected chi connectivity index (χ4v) is 11.4. The molecule has 8 aromatic carbocycles. The van der Waals surface area contributed by atoms with Crippen molar-refractivity contribution in [3.05, 3.63) is 120 Å². The van der Waals surface area contributed by atoms with Gasteiger partial charge in [-0.3, -0.25) is 0 Å². The molecule has 0 bridgehead atoms. The summed E-state index contributed by atoms with van der Waals surface area (Å²) in [6.07, 6.45) is 0. The van der Waals surface area contributed by atoms with E-state index < -0.39 is 16.1 Å². The van der Waals surface area contributed by atoms with Crippen molar-refractivity contribution in [1.82, 2.24) is 0 Å². The van der Waals surface area contributed by atoms with E-state index in [1.165, 1.54) is 65.3 Å². The molecule has 0 aliphatic carbocycles. The van der Waals surface area contributed by atoms with Crippen molar-refractivity contribution in [2.45, 2.75) is 78.8 Å². The minimum Gasteiger partial charge on any atom is -0.455 e. The Hall–Kier alpha value is -5.17. The molecule has 0 unspecified atom stereocenters. The summed E-state index contributed by atoms with van der Waals surface area (Å²) in [7, 11) is -2.98. The van der Waals surface area contributed by atoms with Gasteiger partial charge in [-0.15, -0.1) is 0 Å². The van der Waals surface area contributed by atoms with Crippen LogP contribution in [0.1, 0.15) is 50.7 Å². The normalized spacial score (nSPS) is 13.1. The summed E-state index contributed by atoms with van der Waals surface area (Å²) < 4.78 is 14.0. The number of hydrogen-bond acceptors (Lipinski definition) is 2. The first-order valence-corrected chi connectivity index (χ1v) is 27.4. The number of hydrogen-bond donors (Lipinski definition) is 0. The van der Waals surface area contributed by atoms with E-state index >= 15 is 0 Å². The highest BCUT2D eigenvalue weighted by atomic mass is 28.3. The van der Waals surface area contributed by atoms with Gasteiger partial charge in [-0.2, -0.15) is 0 Å². The van der Waals surface area contributed by atoms with E-state index in [0.29, 0.717) is 11.8 Å². The predicted molar refractivity (Wildman–Crippen MR) is 250 cm³/mol. The molecule has 0 atom stereocenters. The molecule has 0 radical (unpaired) electrons. The van der Waals surface area contributed by atoms with E-state index in [4.69, 9.17) is 8.83 Å². The Kier molecular flexibility index (Phi) is 7.66. The van der Waals surface area contributed by atoms with Crippen LogP contribution in [0.2, 0.25) is 39.3 Å². The molecule has 0 amide bonds. The molecule has 0 aliphatic heterocycles. The molecule has 2 nitrogen and oxygen atoms in total. The lowest BCUT2D eigenvalue weighted by molar-refractivity contribution is 0.670. The Balaban J connectivity index is 1.41. The SMILES string of the molecule is CC(C)c1ccc2c(c1)oc1c2cc2c(-c3ccc([Si](C)(C)C)cc3)cc3c4oc5cc(C(C)C)ccc5c4cc4c(-c5ccc([Si](C)(C)C)cc5)cc1c2c43. The quantitative estimate of drug-likeness (QED) is 0.125. The van der Waals surface area contributed by atoms with Crippen LogP contribution in [0, 0.1) is 0 Å². The molecule has 0 saturated heterocycles. The number of fused-ring (bicyclic) bond motifs is 8. The van der Waals surface area contributed by atoms with Crippen LogP contribution in [-0.4, -0.2) is 16.1 Å². The Morgan fingerprint density at radius 3 is 1.09 bits per heavy atom. The Morgan fingerprint density at radius 1 is 0.375 bits per heavy atom. The summed E-state index contributed by atoms with van der Waals surface area (Å²) in [6, 6.07) is 42.2. The molecule has 0 saturated carbocycles. The van der Waals surface area contributed by atoms with Crippen molar-refractivity contribution < 1.29 is 8.83 Å². The van der Waals surface area contributed by atoms with Gasteiger partial charge < -0.3 is 8.83 Å². The molecular formula is C52H50O2Si2. The third kappa shape index (κ3) is 5.33. The minimum absolute atomic E-state index is 0.413. The van der Waals surface area contributed by atoms with Crippen LogP contribution < -0.4 is 10.4 Å². The van der Waals surface area contributed by atoms with Crippen molar-refractivity contribution >= 4 is 103 Å². The highest BCUT2D eigenvalue weighted by Gasteiger charge is 2.26. The van der Waals surface area contributed by atoms with Crippen LogP contribution in [0.4, 0.5) is 0 Å². The van der Waals surface area contributed by atoms with Crippen molar-refractivity contribution in [1.29, 1.82) is 0 Å². The summed E-state index contributed by atoms with van der Waals surface area (Å²) in [5.41, 5.74) is 11.3. The first-order chi connectivity index (χ1) is 26.7. The lowest BCUT2D eigenvalue weighted by Crippen LogP contribution is -2.37. The molecule has 0 spiro atoms. The standard InChI is InChI=1S/C52H50O2Si2/c1-29(2)33-15-21-37-43-27-41-40(32-13-19-36(20-14-32)56(8,9)10)26-46-50-42(28-44-38-22-16-34(30(3)4)24-48(38)54-52(44)46)39(31-11-17-35(18-12-31)55(5,6)7)25-45(49(41)50)51(43)53-47(37)23-33/h11-30H,1-10H3. The second-order valence-electron chi connectivity index (χ2n) is 19.0. The van der Waals surface area contributed by atoms with Crippen molar-refractivity contribution in [3.63, 3.8) is 0 Å². The Morgan fingerprint density at radius 2 is 0.750 bits per heavy atom. The van der Waals surface area contributed by atoms with Crippen LogP contribution in [0.3, 0.4) is 0 Å². The molecule has 0 N–H and O–H groups in total. The van der Waals surface area contributed by atoms with Gasteiger partial charge in [0.15, 0.2) is 0 Å². The number of benzene rings is 8. The maximum atomic E-state index is 7.01. The maximum Gasteiger partial charge on any atom is 0.143 e. The van der Waals surface area contributed by atoms with Gasteiger partial charge in [0.05, 0.1) is 16.1 Å². The predicted octanol–water partition coefficient (Wildman–Crippen LogP) is 15.1. The van der Waals surface area contributed by atoms with Gasteiger partial charge in [0.1, 0.15) is 22.3 Å². The topological polar surface area (TPSA) is 26.3 Å². The maximum absolute atomic E-state index is 7.01. The third-order valence-electron chi connectivity index (χ3n) is 12.5. The Bertz CT molecular complexity index is 2960. The third-order valence-corrected chi connectivity index (χ3v) is 16.6. The molecule has 278 valence electrons. The Labute approximate surface area is 331 Å². The molecule has 0 fully saturated rings.